The molecule has 0 unspecified atom stereocenters. The van der Waals surface area contributed by atoms with Gasteiger partial charge in [0.15, 0.2) is 0 Å². The fourth-order valence-electron chi connectivity index (χ4n) is 2.40. The molecule has 2 aromatic rings. The van der Waals surface area contributed by atoms with E-state index in [-0.39, 0.29) is 0 Å². The van der Waals surface area contributed by atoms with E-state index in [0.29, 0.717) is 17.8 Å². The second-order valence-corrected chi connectivity index (χ2v) is 5.63. The molecule has 1 N–H and O–H groups in total. The predicted molar refractivity (Wildman–Crippen MR) is 88.9 cm³/mol. The Balaban J connectivity index is 1.68. The minimum atomic E-state index is 0.437. The van der Waals surface area contributed by atoms with E-state index in [1.807, 2.05) is 30.4 Å². The molecule has 1 saturated heterocycles. The summed E-state index contributed by atoms with van der Waals surface area (Å²) in [6.45, 7) is 1.74. The van der Waals surface area contributed by atoms with Gasteiger partial charge in [-0.1, -0.05) is 23.8 Å². The molecule has 0 aliphatic carbocycles. The summed E-state index contributed by atoms with van der Waals surface area (Å²) in [5, 5.41) is 3.88. The highest BCUT2D eigenvalue weighted by atomic mass is 35.5. The number of ether oxygens (including phenoxy) is 1. The van der Waals surface area contributed by atoms with E-state index in [0.717, 1.165) is 29.8 Å². The van der Waals surface area contributed by atoms with Crippen LogP contribution in [0.1, 0.15) is 24.0 Å². The third-order valence-electron chi connectivity index (χ3n) is 3.62. The lowest BCUT2D eigenvalue weighted by atomic mass is 10.2. The van der Waals surface area contributed by atoms with Gasteiger partial charge in [-0.15, -0.1) is 0 Å². The van der Waals surface area contributed by atoms with Gasteiger partial charge in [-0.05, 0) is 43.1 Å². The van der Waals surface area contributed by atoms with Gasteiger partial charge < -0.3 is 10.1 Å². The lowest BCUT2D eigenvalue weighted by Crippen LogP contribution is -2.28. The summed E-state index contributed by atoms with van der Waals surface area (Å²) in [5.41, 5.74) is 1.91. The number of pyridine rings is 2. The number of halogens is 1. The first kappa shape index (κ1) is 15.0. The quantitative estimate of drug-likeness (QED) is 0.859. The minimum Gasteiger partial charge on any atom is -0.490 e. The van der Waals surface area contributed by atoms with Gasteiger partial charge >= 0.3 is 0 Å². The molecule has 3 heterocycles. The molecule has 2 aromatic heterocycles. The van der Waals surface area contributed by atoms with E-state index in [1.54, 1.807) is 18.6 Å². The maximum atomic E-state index is 6.15. The molecule has 0 amide bonds. The maximum Gasteiger partial charge on any atom is 0.138 e. The topological polar surface area (TPSA) is 47.0 Å². The number of hydrogen-bond acceptors (Lipinski definition) is 4. The Labute approximate surface area is 135 Å². The third kappa shape index (κ3) is 4.06. The van der Waals surface area contributed by atoms with Crippen LogP contribution in [0.25, 0.3) is 12.2 Å². The molecule has 5 heteroatoms. The fraction of sp³-hybridized carbons (Fsp3) is 0.294. The summed E-state index contributed by atoms with van der Waals surface area (Å²) in [6, 6.07) is 6.22. The van der Waals surface area contributed by atoms with Gasteiger partial charge in [0.2, 0.25) is 0 Å². The zero-order valence-electron chi connectivity index (χ0n) is 12.2. The van der Waals surface area contributed by atoms with Crippen LogP contribution in [-0.4, -0.2) is 29.2 Å². The monoisotopic (exact) mass is 315 g/mol. The second kappa shape index (κ2) is 7.38. The molecule has 114 valence electrons. The van der Waals surface area contributed by atoms with E-state index in [1.165, 1.54) is 6.42 Å². The molecule has 1 fully saturated rings. The van der Waals surface area contributed by atoms with Crippen molar-refractivity contribution in [2.45, 2.75) is 18.9 Å². The van der Waals surface area contributed by atoms with Crippen molar-refractivity contribution < 1.29 is 4.74 Å². The second-order valence-electron chi connectivity index (χ2n) is 5.27. The third-order valence-corrected chi connectivity index (χ3v) is 3.93. The summed E-state index contributed by atoms with van der Waals surface area (Å²) in [6.07, 6.45) is 11.5. The smallest absolute Gasteiger partial charge is 0.138 e. The Bertz CT molecular complexity index is 640. The zero-order valence-corrected chi connectivity index (χ0v) is 13.0. The van der Waals surface area contributed by atoms with Gasteiger partial charge in [0, 0.05) is 24.0 Å². The lowest BCUT2D eigenvalue weighted by molar-refractivity contribution is 0.276. The largest absolute Gasteiger partial charge is 0.490 e. The Morgan fingerprint density at radius 1 is 1.32 bits per heavy atom. The molecule has 0 aromatic carbocycles. The average molecular weight is 316 g/mol. The predicted octanol–water partition coefficient (Wildman–Crippen LogP) is 3.43. The highest BCUT2D eigenvalue weighted by Crippen LogP contribution is 2.22. The first-order valence-corrected chi connectivity index (χ1v) is 7.79. The summed E-state index contributed by atoms with van der Waals surface area (Å²) < 4.78 is 5.81. The van der Waals surface area contributed by atoms with Crippen molar-refractivity contribution in [2.24, 2.45) is 0 Å². The van der Waals surface area contributed by atoms with Gasteiger partial charge in [-0.25, -0.2) is 4.98 Å². The Morgan fingerprint density at radius 3 is 2.95 bits per heavy atom. The van der Waals surface area contributed by atoms with Gasteiger partial charge in [0.1, 0.15) is 17.5 Å². The molecule has 3 rings (SSSR count). The van der Waals surface area contributed by atoms with E-state index in [4.69, 9.17) is 16.3 Å². The molecular formula is C17H18ClN3O. The van der Waals surface area contributed by atoms with Gasteiger partial charge in [0.25, 0.3) is 0 Å². The van der Waals surface area contributed by atoms with E-state index >= 15 is 0 Å². The molecule has 0 spiro atoms. The molecule has 1 aliphatic rings. The van der Waals surface area contributed by atoms with Crippen LogP contribution in [0.4, 0.5) is 0 Å². The number of rotatable bonds is 5. The van der Waals surface area contributed by atoms with Crippen molar-refractivity contribution in [1.29, 1.82) is 0 Å². The summed E-state index contributed by atoms with van der Waals surface area (Å²) >= 11 is 6.15. The van der Waals surface area contributed by atoms with Crippen LogP contribution < -0.4 is 10.1 Å². The molecular weight excluding hydrogens is 298 g/mol. The van der Waals surface area contributed by atoms with Crippen molar-refractivity contribution in [3.63, 3.8) is 0 Å². The average Bonchev–Trinajstić information content (AvgIpc) is 3.07. The van der Waals surface area contributed by atoms with Crippen LogP contribution in [0.3, 0.4) is 0 Å². The first-order valence-electron chi connectivity index (χ1n) is 7.41. The van der Waals surface area contributed by atoms with E-state index in [2.05, 4.69) is 15.3 Å². The SMILES string of the molecule is Clc1ncc(OC[C@H]2CCCN2)cc1C=Cc1ccncc1. The number of nitrogens with one attached hydrogen (secondary N) is 1. The molecule has 22 heavy (non-hydrogen) atoms. The van der Waals surface area contributed by atoms with Crippen LogP contribution in [-0.2, 0) is 0 Å². The van der Waals surface area contributed by atoms with Crippen LogP contribution >= 0.6 is 11.6 Å². The zero-order chi connectivity index (χ0) is 15.2. The van der Waals surface area contributed by atoms with Crippen LogP contribution in [0.2, 0.25) is 5.15 Å². The molecule has 1 atom stereocenters. The van der Waals surface area contributed by atoms with Gasteiger partial charge in [0.05, 0.1) is 6.20 Å². The number of nitrogens with zero attached hydrogens (tertiary/aromatic N) is 2. The highest BCUT2D eigenvalue weighted by molar-refractivity contribution is 6.31. The standard InChI is InChI=1S/C17H18ClN3O/c18-17-14(4-3-13-5-8-19-9-6-13)10-16(11-21-17)22-12-15-2-1-7-20-15/h3-6,8-11,15,20H,1-2,7,12H2/t15-/m1/s1. The normalized spacial score (nSPS) is 18.0. The van der Waals surface area contributed by atoms with Crippen LogP contribution in [0, 0.1) is 0 Å². The lowest BCUT2D eigenvalue weighted by Gasteiger charge is -2.12. The summed E-state index contributed by atoms with van der Waals surface area (Å²) in [5.74, 6) is 0.743. The summed E-state index contributed by atoms with van der Waals surface area (Å²) in [4.78, 5) is 8.19. The van der Waals surface area contributed by atoms with Crippen molar-refractivity contribution in [2.75, 3.05) is 13.2 Å². The Kier molecular flexibility index (Phi) is 5.03. The van der Waals surface area contributed by atoms with Crippen molar-refractivity contribution in [3.8, 4) is 5.75 Å². The molecule has 1 aliphatic heterocycles. The van der Waals surface area contributed by atoms with Crippen molar-refractivity contribution in [1.82, 2.24) is 15.3 Å². The van der Waals surface area contributed by atoms with Gasteiger partial charge in [-0.2, -0.15) is 0 Å². The summed E-state index contributed by atoms with van der Waals surface area (Å²) in [7, 11) is 0. The maximum absolute atomic E-state index is 6.15. The van der Waals surface area contributed by atoms with E-state index < -0.39 is 0 Å². The van der Waals surface area contributed by atoms with Crippen molar-refractivity contribution >= 4 is 23.8 Å². The molecule has 0 bridgehead atoms. The van der Waals surface area contributed by atoms with Gasteiger partial charge in [-0.3, -0.25) is 4.98 Å². The highest BCUT2D eigenvalue weighted by Gasteiger charge is 2.14. The van der Waals surface area contributed by atoms with Crippen molar-refractivity contribution in [3.05, 3.63) is 53.1 Å². The Hall–Kier alpha value is -1.91. The number of hydrogen-bond donors (Lipinski definition) is 1. The fourth-order valence-corrected chi connectivity index (χ4v) is 2.56. The van der Waals surface area contributed by atoms with Crippen LogP contribution in [0.15, 0.2) is 36.8 Å². The minimum absolute atomic E-state index is 0.437. The van der Waals surface area contributed by atoms with Crippen LogP contribution in [0.5, 0.6) is 5.75 Å². The molecule has 4 nitrogen and oxygen atoms in total. The molecule has 0 saturated carbocycles. The first-order chi connectivity index (χ1) is 10.8. The van der Waals surface area contributed by atoms with E-state index in [9.17, 15) is 0 Å². The Morgan fingerprint density at radius 2 is 2.18 bits per heavy atom. The molecule has 0 radical (unpaired) electrons. The number of aromatic nitrogens is 2.